The van der Waals surface area contributed by atoms with E-state index in [1.54, 1.807) is 38.1 Å². The van der Waals surface area contributed by atoms with Crippen molar-refractivity contribution in [3.8, 4) is 11.6 Å². The van der Waals surface area contributed by atoms with Crippen molar-refractivity contribution in [1.29, 1.82) is 0 Å². The predicted molar refractivity (Wildman–Crippen MR) is 136 cm³/mol. The van der Waals surface area contributed by atoms with Gasteiger partial charge in [0.1, 0.15) is 5.75 Å². The third kappa shape index (κ3) is 6.02. The number of benzene rings is 2. The summed E-state index contributed by atoms with van der Waals surface area (Å²) in [6.07, 6.45) is -5.07. The minimum Gasteiger partial charge on any atom is -0.503 e. The number of anilines is 1. The Morgan fingerprint density at radius 3 is 2.10 bits per heavy atom. The summed E-state index contributed by atoms with van der Waals surface area (Å²) in [6.45, 7) is 7.60. The smallest absolute Gasteiger partial charge is 0.503 e. The highest BCUT2D eigenvalue weighted by atomic mass is 19.4. The average molecular weight is 542 g/mol. The van der Waals surface area contributed by atoms with E-state index in [9.17, 15) is 27.9 Å². The molecule has 11 heteroatoms. The second-order valence-corrected chi connectivity index (χ2v) is 9.46. The number of rotatable bonds is 8. The largest absolute Gasteiger partial charge is 0.573 e. The normalized spacial score (nSPS) is 15.9. The summed E-state index contributed by atoms with van der Waals surface area (Å²) in [5.74, 6) is -2.39. The van der Waals surface area contributed by atoms with E-state index in [4.69, 9.17) is 4.74 Å². The number of hydrogen-bond donors (Lipinski definition) is 1. The van der Waals surface area contributed by atoms with Gasteiger partial charge in [-0.15, -0.1) is 23.4 Å². The van der Waals surface area contributed by atoms with Gasteiger partial charge < -0.3 is 14.6 Å². The van der Waals surface area contributed by atoms with Crippen LogP contribution in [0.1, 0.15) is 61.1 Å². The molecule has 1 amide bonds. The number of hydrogen-bond acceptors (Lipinski definition) is 7. The highest BCUT2D eigenvalue weighted by molar-refractivity contribution is 6.20. The Kier molecular flexibility index (Phi) is 7.62. The van der Waals surface area contributed by atoms with Crippen LogP contribution in [0.2, 0.25) is 0 Å². The lowest BCUT2D eigenvalue weighted by atomic mass is 9.91. The van der Waals surface area contributed by atoms with E-state index in [0.717, 1.165) is 22.6 Å². The Morgan fingerprint density at radius 1 is 0.949 bits per heavy atom. The Bertz CT molecular complexity index is 1380. The van der Waals surface area contributed by atoms with E-state index in [-0.39, 0.29) is 40.4 Å². The zero-order valence-corrected chi connectivity index (χ0v) is 21.6. The van der Waals surface area contributed by atoms with Gasteiger partial charge in [-0.3, -0.25) is 14.5 Å². The molecule has 1 aliphatic heterocycles. The van der Waals surface area contributed by atoms with Crippen LogP contribution in [-0.4, -0.2) is 39.5 Å². The van der Waals surface area contributed by atoms with E-state index < -0.39 is 35.6 Å². The van der Waals surface area contributed by atoms with Crippen molar-refractivity contribution in [2.75, 3.05) is 4.90 Å². The van der Waals surface area contributed by atoms with E-state index in [2.05, 4.69) is 14.9 Å². The number of alkyl halides is 3. The number of amides is 1. The molecule has 4 rings (SSSR count). The van der Waals surface area contributed by atoms with Crippen LogP contribution in [0, 0.1) is 0 Å². The fourth-order valence-corrected chi connectivity index (χ4v) is 4.16. The summed E-state index contributed by atoms with van der Waals surface area (Å²) < 4.78 is 47.5. The molecule has 0 saturated carbocycles. The number of aliphatic hydroxyl groups is 1. The molecule has 1 aliphatic rings. The van der Waals surface area contributed by atoms with Crippen LogP contribution in [0.5, 0.6) is 11.6 Å². The number of aliphatic hydroxyl groups excluding tert-OH is 1. The van der Waals surface area contributed by atoms with Gasteiger partial charge in [-0.2, -0.15) is 0 Å². The summed E-state index contributed by atoms with van der Waals surface area (Å²) in [5, 5.41) is 18.9. The van der Waals surface area contributed by atoms with Crippen molar-refractivity contribution in [2.45, 2.75) is 52.1 Å². The van der Waals surface area contributed by atoms with Crippen molar-refractivity contribution < 1.29 is 37.3 Å². The van der Waals surface area contributed by atoms with Gasteiger partial charge in [-0.25, -0.2) is 0 Å². The molecule has 1 N–H and O–H groups in total. The molecule has 1 aromatic heterocycles. The molecule has 1 atom stereocenters. The maximum absolute atomic E-state index is 13.6. The van der Waals surface area contributed by atoms with Crippen molar-refractivity contribution in [3.05, 3.63) is 88.7 Å². The highest BCUT2D eigenvalue weighted by Crippen LogP contribution is 2.42. The molecule has 1 unspecified atom stereocenters. The van der Waals surface area contributed by atoms with E-state index in [1.807, 2.05) is 13.8 Å². The van der Waals surface area contributed by atoms with Crippen LogP contribution in [-0.2, 0) is 4.79 Å². The first kappa shape index (κ1) is 27.6. The third-order valence-electron chi connectivity index (χ3n) is 5.95. The quantitative estimate of drug-likeness (QED) is 0.346. The first-order valence-corrected chi connectivity index (χ1v) is 12.1. The van der Waals surface area contributed by atoms with Gasteiger partial charge in [-0.1, -0.05) is 50.2 Å². The molecule has 2 heterocycles. The molecule has 3 aromatic rings. The Labute approximate surface area is 222 Å². The number of aromatic nitrogens is 2. The van der Waals surface area contributed by atoms with Crippen molar-refractivity contribution in [3.63, 3.8) is 0 Å². The Morgan fingerprint density at radius 2 is 1.59 bits per heavy atom. The first-order valence-electron chi connectivity index (χ1n) is 12.1. The number of carbonyl (C=O) groups is 2. The van der Waals surface area contributed by atoms with Gasteiger partial charge in [0.05, 0.1) is 17.7 Å². The van der Waals surface area contributed by atoms with Gasteiger partial charge in [0.15, 0.2) is 17.4 Å². The van der Waals surface area contributed by atoms with Crippen molar-refractivity contribution in [2.24, 2.45) is 0 Å². The Hall–Kier alpha value is -4.41. The Balaban J connectivity index is 1.78. The number of nitrogens with zero attached hydrogens (tertiary/aromatic N) is 3. The number of Topliss-reactive ketones (excluding diaryl/α,β-unsaturated/α-hetero) is 1. The molecule has 0 saturated heterocycles. The minimum atomic E-state index is -4.90. The maximum Gasteiger partial charge on any atom is 0.573 e. The van der Waals surface area contributed by atoms with Crippen LogP contribution in [0.25, 0.3) is 0 Å². The van der Waals surface area contributed by atoms with Crippen LogP contribution in [0.4, 0.5) is 19.0 Å². The standard InChI is InChI=1S/C28H26F3N3O5/c1-15(2)17-5-7-19(8-6-17)25(35)23-24(18-9-11-20(12-10-18)39-28(29,30)31)34(27(37)26(23)36)21-13-14-22(33-32-21)38-16(3)4/h5-16,24,36H,1-4H3. The molecule has 2 aromatic carbocycles. The molecular formula is C28H26F3N3O5. The topological polar surface area (TPSA) is 102 Å². The zero-order chi connectivity index (χ0) is 28.5. The second-order valence-electron chi connectivity index (χ2n) is 9.46. The molecule has 8 nitrogen and oxygen atoms in total. The van der Waals surface area contributed by atoms with Gasteiger partial charge >= 0.3 is 6.36 Å². The number of carbonyl (C=O) groups excluding carboxylic acids is 2. The van der Waals surface area contributed by atoms with Gasteiger partial charge in [0.25, 0.3) is 5.91 Å². The summed E-state index contributed by atoms with van der Waals surface area (Å²) in [4.78, 5) is 28.0. The van der Waals surface area contributed by atoms with E-state index in [1.165, 1.54) is 24.3 Å². The van der Waals surface area contributed by atoms with Crippen molar-refractivity contribution in [1.82, 2.24) is 10.2 Å². The fourth-order valence-electron chi connectivity index (χ4n) is 4.16. The van der Waals surface area contributed by atoms with Gasteiger partial charge in [-0.05, 0) is 49.1 Å². The third-order valence-corrected chi connectivity index (χ3v) is 5.95. The molecule has 0 spiro atoms. The SMILES string of the molecule is CC(C)Oc1ccc(N2C(=O)C(O)=C(C(=O)c3ccc(C(C)C)cc3)C2c2ccc(OC(F)(F)F)cc2)nn1. The molecule has 0 bridgehead atoms. The summed E-state index contributed by atoms with van der Waals surface area (Å²) in [5.41, 5.74) is 1.22. The van der Waals surface area contributed by atoms with Crippen LogP contribution in [0.3, 0.4) is 0 Å². The van der Waals surface area contributed by atoms with Crippen LogP contribution < -0.4 is 14.4 Å². The maximum atomic E-state index is 13.6. The van der Waals surface area contributed by atoms with Crippen LogP contribution >= 0.6 is 0 Å². The van der Waals surface area contributed by atoms with E-state index >= 15 is 0 Å². The zero-order valence-electron chi connectivity index (χ0n) is 21.6. The average Bonchev–Trinajstić information content (AvgIpc) is 3.13. The molecular weight excluding hydrogens is 515 g/mol. The van der Waals surface area contributed by atoms with Crippen LogP contribution in [0.15, 0.2) is 72.0 Å². The van der Waals surface area contributed by atoms with Crippen molar-refractivity contribution >= 4 is 17.5 Å². The minimum absolute atomic E-state index is 0.00114. The number of ether oxygens (including phenoxy) is 2. The molecule has 0 fully saturated rings. The number of halogens is 3. The number of ketones is 1. The molecule has 0 radical (unpaired) electrons. The molecule has 0 aliphatic carbocycles. The monoisotopic (exact) mass is 541 g/mol. The fraction of sp³-hybridized carbons (Fsp3) is 0.286. The first-order chi connectivity index (χ1) is 18.4. The molecule has 39 heavy (non-hydrogen) atoms. The lowest BCUT2D eigenvalue weighted by molar-refractivity contribution is -0.274. The predicted octanol–water partition coefficient (Wildman–Crippen LogP) is 6.07. The van der Waals surface area contributed by atoms with Gasteiger partial charge in [0.2, 0.25) is 5.88 Å². The highest BCUT2D eigenvalue weighted by Gasteiger charge is 2.45. The summed E-state index contributed by atoms with van der Waals surface area (Å²) in [7, 11) is 0. The van der Waals surface area contributed by atoms with E-state index in [0.29, 0.717) is 0 Å². The lowest BCUT2D eigenvalue weighted by Gasteiger charge is -2.26. The second kappa shape index (κ2) is 10.8. The summed E-state index contributed by atoms with van der Waals surface area (Å²) in [6, 6.07) is 13.2. The lowest BCUT2D eigenvalue weighted by Crippen LogP contribution is -2.32. The summed E-state index contributed by atoms with van der Waals surface area (Å²) >= 11 is 0. The van der Waals surface area contributed by atoms with Gasteiger partial charge in [0, 0.05) is 11.6 Å². The molecule has 204 valence electrons.